The van der Waals surface area contributed by atoms with Crippen LogP contribution in [0.2, 0.25) is 0 Å². The Balaban J connectivity index is 2.40. The molecule has 0 fully saturated rings. The monoisotopic (exact) mass is 177 g/mol. The molecule has 2 nitrogen and oxygen atoms in total. The van der Waals surface area contributed by atoms with Crippen molar-refractivity contribution in [3.8, 4) is 5.75 Å². The lowest BCUT2D eigenvalue weighted by molar-refractivity contribution is 0.312. The van der Waals surface area contributed by atoms with E-state index in [0.717, 1.165) is 18.8 Å². The molecule has 0 spiro atoms. The molecule has 1 aliphatic heterocycles. The minimum Gasteiger partial charge on any atom is -0.491 e. The largest absolute Gasteiger partial charge is 0.491 e. The first-order valence-corrected chi connectivity index (χ1v) is 4.73. The molecule has 0 saturated carbocycles. The van der Waals surface area contributed by atoms with E-state index in [4.69, 9.17) is 4.74 Å². The van der Waals surface area contributed by atoms with Crippen LogP contribution in [0.5, 0.6) is 5.75 Å². The van der Waals surface area contributed by atoms with E-state index in [2.05, 4.69) is 31.0 Å². The minimum absolute atomic E-state index is 0.559. The van der Waals surface area contributed by atoms with E-state index in [1.165, 1.54) is 5.69 Å². The standard InChI is InChI=1S/C11H15NO/c1-9-7-8-13-11-6-4-3-5-10(11)12(9)2/h3-6,9H,7-8H2,1-2H3/t9-/m1/s1. The second-order valence-corrected chi connectivity index (χ2v) is 3.56. The van der Waals surface area contributed by atoms with Crippen molar-refractivity contribution in [1.29, 1.82) is 0 Å². The van der Waals surface area contributed by atoms with Crippen molar-refractivity contribution in [2.45, 2.75) is 19.4 Å². The average Bonchev–Trinajstić information content (AvgIpc) is 2.29. The van der Waals surface area contributed by atoms with Crippen molar-refractivity contribution < 1.29 is 4.74 Å². The fourth-order valence-electron chi connectivity index (χ4n) is 1.64. The normalized spacial score (nSPS) is 21.7. The summed E-state index contributed by atoms with van der Waals surface area (Å²) in [7, 11) is 2.12. The summed E-state index contributed by atoms with van der Waals surface area (Å²) in [6.45, 7) is 3.05. The van der Waals surface area contributed by atoms with Gasteiger partial charge in [0.25, 0.3) is 0 Å². The molecule has 2 heteroatoms. The van der Waals surface area contributed by atoms with Gasteiger partial charge in [0.05, 0.1) is 12.3 Å². The van der Waals surface area contributed by atoms with Gasteiger partial charge in [-0.1, -0.05) is 12.1 Å². The average molecular weight is 177 g/mol. The molecule has 0 bridgehead atoms. The van der Waals surface area contributed by atoms with E-state index in [0.29, 0.717) is 6.04 Å². The Bertz CT molecular complexity index is 298. The van der Waals surface area contributed by atoms with Crippen LogP contribution in [-0.4, -0.2) is 19.7 Å². The van der Waals surface area contributed by atoms with Gasteiger partial charge in [-0.25, -0.2) is 0 Å². The first-order chi connectivity index (χ1) is 6.29. The molecular weight excluding hydrogens is 162 g/mol. The Kier molecular flexibility index (Phi) is 2.13. The topological polar surface area (TPSA) is 12.5 Å². The summed E-state index contributed by atoms with van der Waals surface area (Å²) in [6, 6.07) is 8.77. The molecule has 0 aliphatic carbocycles. The molecule has 1 atom stereocenters. The third-order valence-corrected chi connectivity index (χ3v) is 2.70. The van der Waals surface area contributed by atoms with Gasteiger partial charge < -0.3 is 9.64 Å². The number of ether oxygens (including phenoxy) is 1. The molecule has 13 heavy (non-hydrogen) atoms. The lowest BCUT2D eigenvalue weighted by atomic mass is 10.2. The van der Waals surface area contributed by atoms with Crippen molar-refractivity contribution in [2.24, 2.45) is 0 Å². The Hall–Kier alpha value is -1.18. The molecule has 1 aromatic carbocycles. The van der Waals surface area contributed by atoms with Gasteiger partial charge in [-0.2, -0.15) is 0 Å². The highest BCUT2D eigenvalue weighted by Gasteiger charge is 2.17. The first-order valence-electron chi connectivity index (χ1n) is 4.73. The Morgan fingerprint density at radius 1 is 1.38 bits per heavy atom. The summed E-state index contributed by atoms with van der Waals surface area (Å²) in [5, 5.41) is 0. The lowest BCUT2D eigenvalue weighted by Gasteiger charge is -2.24. The summed E-state index contributed by atoms with van der Waals surface area (Å²) in [5.41, 5.74) is 1.20. The van der Waals surface area contributed by atoms with Gasteiger partial charge in [0, 0.05) is 19.5 Å². The zero-order valence-corrected chi connectivity index (χ0v) is 8.16. The Morgan fingerprint density at radius 2 is 2.15 bits per heavy atom. The summed E-state index contributed by atoms with van der Waals surface area (Å²) in [5.74, 6) is 1.01. The number of hydrogen-bond donors (Lipinski definition) is 0. The van der Waals surface area contributed by atoms with Crippen molar-refractivity contribution >= 4 is 5.69 Å². The highest BCUT2D eigenvalue weighted by molar-refractivity contribution is 5.58. The van der Waals surface area contributed by atoms with E-state index in [1.54, 1.807) is 0 Å². The number of para-hydroxylation sites is 2. The molecule has 0 radical (unpaired) electrons. The van der Waals surface area contributed by atoms with Crippen molar-refractivity contribution in [1.82, 2.24) is 0 Å². The van der Waals surface area contributed by atoms with Crippen LogP contribution in [0.15, 0.2) is 24.3 Å². The van der Waals surface area contributed by atoms with Crippen LogP contribution in [0, 0.1) is 0 Å². The molecule has 0 aromatic heterocycles. The zero-order chi connectivity index (χ0) is 9.26. The van der Waals surface area contributed by atoms with Crippen LogP contribution < -0.4 is 9.64 Å². The summed E-state index contributed by atoms with van der Waals surface area (Å²) < 4.78 is 5.65. The molecule has 0 unspecified atom stereocenters. The highest BCUT2D eigenvalue weighted by atomic mass is 16.5. The van der Waals surface area contributed by atoms with Crippen molar-refractivity contribution in [3.05, 3.63) is 24.3 Å². The van der Waals surface area contributed by atoms with Gasteiger partial charge in [0.15, 0.2) is 0 Å². The number of nitrogens with zero attached hydrogens (tertiary/aromatic N) is 1. The fourth-order valence-corrected chi connectivity index (χ4v) is 1.64. The lowest BCUT2D eigenvalue weighted by Crippen LogP contribution is -2.27. The predicted octanol–water partition coefficient (Wildman–Crippen LogP) is 2.29. The first kappa shape index (κ1) is 8.42. The second kappa shape index (κ2) is 3.29. The quantitative estimate of drug-likeness (QED) is 0.603. The van der Waals surface area contributed by atoms with E-state index in [-0.39, 0.29) is 0 Å². The molecule has 70 valence electrons. The van der Waals surface area contributed by atoms with Gasteiger partial charge in [-0.15, -0.1) is 0 Å². The van der Waals surface area contributed by atoms with E-state index in [1.807, 2.05) is 12.1 Å². The third kappa shape index (κ3) is 1.48. The van der Waals surface area contributed by atoms with Gasteiger partial charge in [0.1, 0.15) is 5.75 Å². The second-order valence-electron chi connectivity index (χ2n) is 3.56. The zero-order valence-electron chi connectivity index (χ0n) is 8.16. The smallest absolute Gasteiger partial charge is 0.142 e. The molecule has 0 N–H and O–H groups in total. The predicted molar refractivity (Wildman–Crippen MR) is 54.4 cm³/mol. The van der Waals surface area contributed by atoms with E-state index in [9.17, 15) is 0 Å². The van der Waals surface area contributed by atoms with Gasteiger partial charge in [-0.3, -0.25) is 0 Å². The van der Waals surface area contributed by atoms with Crippen LogP contribution in [0.4, 0.5) is 5.69 Å². The van der Waals surface area contributed by atoms with E-state index < -0.39 is 0 Å². The summed E-state index contributed by atoms with van der Waals surface area (Å²) in [6.07, 6.45) is 1.09. The number of rotatable bonds is 0. The minimum atomic E-state index is 0.559. The molecule has 1 heterocycles. The maximum absolute atomic E-state index is 5.65. The molecule has 1 aliphatic rings. The van der Waals surface area contributed by atoms with Crippen LogP contribution in [0.3, 0.4) is 0 Å². The van der Waals surface area contributed by atoms with Crippen LogP contribution in [-0.2, 0) is 0 Å². The SMILES string of the molecule is C[C@@H]1CCOc2ccccc2N1C. The van der Waals surface area contributed by atoms with Gasteiger partial charge >= 0.3 is 0 Å². The van der Waals surface area contributed by atoms with E-state index >= 15 is 0 Å². The van der Waals surface area contributed by atoms with Gasteiger partial charge in [0.2, 0.25) is 0 Å². The van der Waals surface area contributed by atoms with Gasteiger partial charge in [-0.05, 0) is 19.1 Å². The highest BCUT2D eigenvalue weighted by Crippen LogP contribution is 2.31. The molecule has 0 saturated heterocycles. The number of anilines is 1. The third-order valence-electron chi connectivity index (χ3n) is 2.70. The molecule has 2 rings (SSSR count). The maximum atomic E-state index is 5.65. The Labute approximate surface area is 79.1 Å². The Morgan fingerprint density at radius 3 is 3.00 bits per heavy atom. The fraction of sp³-hybridized carbons (Fsp3) is 0.455. The molecular formula is C11H15NO. The summed E-state index contributed by atoms with van der Waals surface area (Å²) in [4.78, 5) is 2.28. The van der Waals surface area contributed by atoms with Crippen molar-refractivity contribution in [2.75, 3.05) is 18.6 Å². The summed E-state index contributed by atoms with van der Waals surface area (Å²) >= 11 is 0. The van der Waals surface area contributed by atoms with Crippen LogP contribution in [0.1, 0.15) is 13.3 Å². The van der Waals surface area contributed by atoms with Crippen molar-refractivity contribution in [3.63, 3.8) is 0 Å². The van der Waals surface area contributed by atoms with Crippen LogP contribution >= 0.6 is 0 Å². The molecule has 1 aromatic rings. The number of hydrogen-bond acceptors (Lipinski definition) is 2. The number of fused-ring (bicyclic) bond motifs is 1. The maximum Gasteiger partial charge on any atom is 0.142 e. The molecule has 0 amide bonds. The number of benzene rings is 1. The van der Waals surface area contributed by atoms with Crippen LogP contribution in [0.25, 0.3) is 0 Å².